The maximum absolute atomic E-state index is 11.1. The predicted molar refractivity (Wildman–Crippen MR) is 243 cm³/mol. The normalized spacial score (nSPS) is 12.2. The summed E-state index contributed by atoms with van der Waals surface area (Å²) < 4.78 is 4.62. The van der Waals surface area contributed by atoms with Gasteiger partial charge in [0.2, 0.25) is 0 Å². The number of phenolic OH excluding ortho intramolecular Hbond substituents is 2. The van der Waals surface area contributed by atoms with Gasteiger partial charge in [0, 0.05) is 52.5 Å². The van der Waals surface area contributed by atoms with E-state index in [4.69, 9.17) is 0 Å². The molecule has 0 amide bonds. The molecule has 0 fully saturated rings. The quantitative estimate of drug-likeness (QED) is 0.175. The molecule has 2 N–H and O–H groups in total. The van der Waals surface area contributed by atoms with Crippen LogP contribution in [0.4, 0.5) is 0 Å². The molecule has 0 saturated heterocycles. The number of hydrogen-bond acceptors (Lipinski definition) is 2. The van der Waals surface area contributed by atoms with E-state index in [1.165, 1.54) is 30.4 Å². The lowest BCUT2D eigenvalue weighted by Gasteiger charge is -2.42. The van der Waals surface area contributed by atoms with Gasteiger partial charge in [-0.1, -0.05) is 97.1 Å². The Hall–Kier alpha value is -6.50. The highest BCUT2D eigenvalue weighted by Gasteiger charge is 2.36. The fourth-order valence-electron chi connectivity index (χ4n) is 9.04. The van der Waals surface area contributed by atoms with Crippen molar-refractivity contribution in [1.29, 1.82) is 0 Å². The number of fused-ring (bicyclic) bond motifs is 6. The summed E-state index contributed by atoms with van der Waals surface area (Å²) in [5, 5.41) is 26.9. The van der Waals surface area contributed by atoms with Crippen LogP contribution in [0.5, 0.6) is 11.5 Å². The van der Waals surface area contributed by atoms with Gasteiger partial charge in [-0.15, -0.1) is 10.0 Å². The lowest BCUT2D eigenvalue weighted by molar-refractivity contribution is 0.463. The Kier molecular flexibility index (Phi) is 7.94. The summed E-state index contributed by atoms with van der Waals surface area (Å²) >= 11 is 0. The predicted octanol–water partition coefficient (Wildman–Crippen LogP) is 7.41. The summed E-state index contributed by atoms with van der Waals surface area (Å²) in [5.74, 6) is 0.234. The topological polar surface area (TPSA) is 50.3 Å². The van der Waals surface area contributed by atoms with Crippen molar-refractivity contribution >= 4 is 93.6 Å². The van der Waals surface area contributed by atoms with Crippen molar-refractivity contribution in [2.24, 2.45) is 0 Å². The SMILES string of the molecule is Bc1c(O)c(B)c(-n2c3ccccc3c3cc(-n4c5ccccc5c5c(S(c6ccccc6)(c6ccccc6)c6ccccc6)cccc54)ccc32)c(B)c1O. The molecular weight excluding hydrogens is 701 g/mol. The minimum atomic E-state index is -1.96. The Morgan fingerprint density at radius 2 is 0.857 bits per heavy atom. The van der Waals surface area contributed by atoms with Gasteiger partial charge in [0.15, 0.2) is 0 Å². The first-order valence-electron chi connectivity index (χ1n) is 19.0. The molecule has 0 radical (unpaired) electrons. The van der Waals surface area contributed by atoms with Crippen LogP contribution in [-0.4, -0.2) is 42.9 Å². The second-order valence-corrected chi connectivity index (χ2v) is 17.6. The fraction of sp³-hybridized carbons (Fsp3) is 0. The molecular formula is C48H37B3N2O2S. The highest BCUT2D eigenvalue weighted by Crippen LogP contribution is 2.74. The summed E-state index contributed by atoms with van der Waals surface area (Å²) in [7, 11) is 3.65. The number of para-hydroxylation sites is 2. The summed E-state index contributed by atoms with van der Waals surface area (Å²) in [5.41, 5.74) is 8.13. The molecule has 10 rings (SSSR count). The molecule has 2 aromatic heterocycles. The van der Waals surface area contributed by atoms with Crippen LogP contribution in [0.25, 0.3) is 55.0 Å². The third-order valence-electron chi connectivity index (χ3n) is 11.5. The first-order chi connectivity index (χ1) is 27.4. The summed E-state index contributed by atoms with van der Waals surface area (Å²) in [6, 6.07) is 63.9. The number of aromatic nitrogens is 2. The lowest BCUT2D eigenvalue weighted by atomic mass is 9.76. The largest absolute Gasteiger partial charge is 0.509 e. The van der Waals surface area contributed by atoms with Crippen molar-refractivity contribution in [3.63, 3.8) is 0 Å². The van der Waals surface area contributed by atoms with Crippen molar-refractivity contribution in [2.45, 2.75) is 19.6 Å². The van der Waals surface area contributed by atoms with Gasteiger partial charge in [-0.25, -0.2) is 0 Å². The summed E-state index contributed by atoms with van der Waals surface area (Å²) in [4.78, 5) is 5.16. The Bertz CT molecular complexity index is 3020. The van der Waals surface area contributed by atoms with Crippen LogP contribution in [0.3, 0.4) is 0 Å². The van der Waals surface area contributed by atoms with E-state index in [0.717, 1.165) is 55.1 Å². The number of phenols is 2. The van der Waals surface area contributed by atoms with Gasteiger partial charge in [0.1, 0.15) is 35.0 Å². The molecule has 2 heterocycles. The molecule has 56 heavy (non-hydrogen) atoms. The van der Waals surface area contributed by atoms with E-state index in [-0.39, 0.29) is 11.5 Å². The van der Waals surface area contributed by atoms with E-state index in [2.05, 4.69) is 179 Å². The molecule has 0 aliphatic carbocycles. The maximum Gasteiger partial charge on any atom is 0.149 e. The van der Waals surface area contributed by atoms with Crippen molar-refractivity contribution in [3.8, 4) is 22.9 Å². The van der Waals surface area contributed by atoms with Gasteiger partial charge in [-0.2, -0.15) is 0 Å². The van der Waals surface area contributed by atoms with E-state index in [9.17, 15) is 10.2 Å². The highest BCUT2D eigenvalue weighted by molar-refractivity contribution is 8.34. The van der Waals surface area contributed by atoms with E-state index in [0.29, 0.717) is 5.46 Å². The summed E-state index contributed by atoms with van der Waals surface area (Å²) in [6.07, 6.45) is 0. The molecule has 0 aliphatic heterocycles. The van der Waals surface area contributed by atoms with Crippen LogP contribution in [0, 0.1) is 0 Å². The number of hydrogen-bond donors (Lipinski definition) is 2. The first-order valence-corrected chi connectivity index (χ1v) is 20.6. The second kappa shape index (κ2) is 13.1. The Balaban J connectivity index is 1.30. The molecule has 0 saturated carbocycles. The summed E-state index contributed by atoms with van der Waals surface area (Å²) in [6.45, 7) is 0. The molecule has 8 heteroatoms. The number of aromatic hydroxyl groups is 2. The monoisotopic (exact) mass is 738 g/mol. The average Bonchev–Trinajstić information content (AvgIpc) is 3.77. The number of nitrogens with zero attached hydrogens (tertiary/aromatic N) is 2. The fourth-order valence-corrected chi connectivity index (χ4v) is 13.1. The molecule has 0 spiro atoms. The van der Waals surface area contributed by atoms with E-state index in [1.54, 1.807) is 7.85 Å². The molecule has 266 valence electrons. The minimum absolute atomic E-state index is 0.117. The number of benzene rings is 8. The molecule has 8 aromatic carbocycles. The van der Waals surface area contributed by atoms with Crippen molar-refractivity contribution < 1.29 is 10.2 Å². The van der Waals surface area contributed by atoms with Gasteiger partial charge < -0.3 is 19.3 Å². The maximum atomic E-state index is 11.1. The van der Waals surface area contributed by atoms with Crippen LogP contribution >= 0.6 is 10.0 Å². The Morgan fingerprint density at radius 1 is 0.393 bits per heavy atom. The zero-order valence-electron chi connectivity index (χ0n) is 31.4. The van der Waals surface area contributed by atoms with E-state index < -0.39 is 10.0 Å². The van der Waals surface area contributed by atoms with Crippen LogP contribution in [0.15, 0.2) is 196 Å². The van der Waals surface area contributed by atoms with Crippen molar-refractivity contribution in [3.05, 3.63) is 176 Å². The van der Waals surface area contributed by atoms with Gasteiger partial charge in [0.25, 0.3) is 0 Å². The molecule has 10 aromatic rings. The zero-order valence-corrected chi connectivity index (χ0v) is 32.3. The first kappa shape index (κ1) is 34.0. The molecule has 0 bridgehead atoms. The molecule has 0 aliphatic rings. The van der Waals surface area contributed by atoms with Gasteiger partial charge in [0.05, 0.1) is 22.1 Å². The second-order valence-electron chi connectivity index (χ2n) is 14.5. The minimum Gasteiger partial charge on any atom is -0.509 e. The zero-order chi connectivity index (χ0) is 38.1. The van der Waals surface area contributed by atoms with Crippen molar-refractivity contribution in [1.82, 2.24) is 9.13 Å². The smallest absolute Gasteiger partial charge is 0.149 e. The van der Waals surface area contributed by atoms with Gasteiger partial charge in [-0.3, -0.25) is 0 Å². The van der Waals surface area contributed by atoms with E-state index >= 15 is 0 Å². The van der Waals surface area contributed by atoms with E-state index in [1.807, 2.05) is 21.8 Å². The molecule has 0 unspecified atom stereocenters. The van der Waals surface area contributed by atoms with Crippen LogP contribution in [-0.2, 0) is 0 Å². The van der Waals surface area contributed by atoms with Crippen LogP contribution in [0.1, 0.15) is 0 Å². The Morgan fingerprint density at radius 3 is 1.43 bits per heavy atom. The number of rotatable bonds is 6. The average molecular weight is 738 g/mol. The Labute approximate surface area is 329 Å². The van der Waals surface area contributed by atoms with Crippen molar-refractivity contribution in [2.75, 3.05) is 0 Å². The van der Waals surface area contributed by atoms with Gasteiger partial charge in [-0.05, 0) is 95.3 Å². The highest BCUT2D eigenvalue weighted by atomic mass is 32.3. The lowest BCUT2D eigenvalue weighted by Crippen LogP contribution is -2.31. The van der Waals surface area contributed by atoms with Gasteiger partial charge >= 0.3 is 0 Å². The third kappa shape index (κ3) is 4.79. The molecule has 0 atom stereocenters. The standard InChI is InChI=1S/C48H37B3N2O2S/c49-43-46(44(50)48(55)45(51)47(43)54)53-37-23-12-10-21-34(37)36-29-30(27-28-39(36)53)52-38-24-13-11-22-35(38)42-40(52)25-14-26-41(42)56(31-15-4-1-5-16-31,32-17-6-2-7-18-32)33-19-8-3-9-20-33/h1-29,54-55H,49-51H2. The van der Waals surface area contributed by atoms with Crippen LogP contribution < -0.4 is 16.4 Å². The van der Waals surface area contributed by atoms with Crippen LogP contribution in [0.2, 0.25) is 0 Å². The molecule has 4 nitrogen and oxygen atoms in total. The third-order valence-corrected chi connectivity index (χ3v) is 15.5.